The summed E-state index contributed by atoms with van der Waals surface area (Å²) in [4.78, 5) is 4.41. The maximum atomic E-state index is 5.66. The van der Waals surface area contributed by atoms with E-state index in [1.807, 2.05) is 42.5 Å². The van der Waals surface area contributed by atoms with Gasteiger partial charge in [-0.2, -0.15) is 4.98 Å². The highest BCUT2D eigenvalue weighted by Crippen LogP contribution is 2.17. The van der Waals surface area contributed by atoms with Crippen molar-refractivity contribution in [3.05, 3.63) is 66.1 Å². The monoisotopic (exact) mass is 265 g/mol. The minimum atomic E-state index is 0.605. The van der Waals surface area contributed by atoms with Gasteiger partial charge in [-0.05, 0) is 36.2 Å². The van der Waals surface area contributed by atoms with Crippen molar-refractivity contribution in [2.24, 2.45) is 0 Å². The summed E-state index contributed by atoms with van der Waals surface area (Å²) in [6.45, 7) is 0. The smallest absolute Gasteiger partial charge is 0.227 e. The lowest BCUT2D eigenvalue weighted by molar-refractivity contribution is 0.379. The van der Waals surface area contributed by atoms with E-state index in [-0.39, 0.29) is 0 Å². The Bertz CT molecular complexity index is 674. The molecule has 0 radical (unpaired) electrons. The van der Waals surface area contributed by atoms with Gasteiger partial charge in [0.2, 0.25) is 11.7 Å². The van der Waals surface area contributed by atoms with Gasteiger partial charge < -0.3 is 10.3 Å². The van der Waals surface area contributed by atoms with Crippen LogP contribution < -0.4 is 5.73 Å². The van der Waals surface area contributed by atoms with Crippen LogP contribution >= 0.6 is 0 Å². The van der Waals surface area contributed by atoms with Gasteiger partial charge in [0, 0.05) is 17.7 Å². The first kappa shape index (κ1) is 12.4. The minimum Gasteiger partial charge on any atom is -0.399 e. The van der Waals surface area contributed by atoms with Crippen molar-refractivity contribution in [3.63, 3.8) is 0 Å². The maximum Gasteiger partial charge on any atom is 0.227 e. The highest BCUT2D eigenvalue weighted by Gasteiger charge is 2.08. The quantitative estimate of drug-likeness (QED) is 0.736. The summed E-state index contributed by atoms with van der Waals surface area (Å²) in [5, 5.41) is 4.00. The van der Waals surface area contributed by atoms with Crippen molar-refractivity contribution in [1.29, 1.82) is 0 Å². The van der Waals surface area contributed by atoms with Gasteiger partial charge in [-0.1, -0.05) is 35.5 Å². The van der Waals surface area contributed by atoms with Crippen LogP contribution in [0.3, 0.4) is 0 Å². The standard InChI is InChI=1S/C16H15N3O/c17-14-9-7-13(8-10-14)16-18-15(20-19-16)11-6-12-4-2-1-3-5-12/h1-5,7-10H,6,11,17H2. The van der Waals surface area contributed by atoms with Crippen molar-refractivity contribution in [1.82, 2.24) is 10.1 Å². The van der Waals surface area contributed by atoms with Crippen molar-refractivity contribution in [2.45, 2.75) is 12.8 Å². The normalized spacial score (nSPS) is 10.6. The van der Waals surface area contributed by atoms with E-state index in [1.54, 1.807) is 0 Å². The molecule has 0 bridgehead atoms. The molecule has 0 atom stereocenters. The highest BCUT2D eigenvalue weighted by molar-refractivity contribution is 5.57. The molecule has 2 N–H and O–H groups in total. The summed E-state index contributed by atoms with van der Waals surface area (Å²) in [5.41, 5.74) is 8.56. The third-order valence-corrected chi connectivity index (χ3v) is 3.11. The third kappa shape index (κ3) is 2.85. The molecular weight excluding hydrogens is 250 g/mol. The van der Waals surface area contributed by atoms with Gasteiger partial charge in [0.05, 0.1) is 0 Å². The highest BCUT2D eigenvalue weighted by atomic mass is 16.5. The van der Waals surface area contributed by atoms with E-state index < -0.39 is 0 Å². The van der Waals surface area contributed by atoms with Gasteiger partial charge >= 0.3 is 0 Å². The first-order chi connectivity index (χ1) is 9.81. The third-order valence-electron chi connectivity index (χ3n) is 3.11. The van der Waals surface area contributed by atoms with E-state index in [0.29, 0.717) is 11.7 Å². The zero-order valence-electron chi connectivity index (χ0n) is 11.0. The number of aryl methyl sites for hydroxylation is 2. The van der Waals surface area contributed by atoms with Gasteiger partial charge in [-0.3, -0.25) is 0 Å². The molecule has 1 aromatic heterocycles. The molecule has 0 aliphatic heterocycles. The summed E-state index contributed by atoms with van der Waals surface area (Å²) in [6, 6.07) is 17.7. The molecule has 20 heavy (non-hydrogen) atoms. The molecule has 0 saturated heterocycles. The van der Waals surface area contributed by atoms with Gasteiger partial charge in [0.25, 0.3) is 0 Å². The Morgan fingerprint density at radius 2 is 1.65 bits per heavy atom. The molecular formula is C16H15N3O. The Morgan fingerprint density at radius 1 is 0.900 bits per heavy atom. The van der Waals surface area contributed by atoms with E-state index in [9.17, 15) is 0 Å². The van der Waals surface area contributed by atoms with Crippen LogP contribution in [0.2, 0.25) is 0 Å². The average molecular weight is 265 g/mol. The van der Waals surface area contributed by atoms with Crippen LogP contribution in [0.15, 0.2) is 59.1 Å². The Labute approximate surface area is 117 Å². The van der Waals surface area contributed by atoms with Crippen molar-refractivity contribution in [2.75, 3.05) is 5.73 Å². The second-order valence-corrected chi connectivity index (χ2v) is 4.62. The van der Waals surface area contributed by atoms with E-state index in [0.717, 1.165) is 24.1 Å². The lowest BCUT2D eigenvalue weighted by Gasteiger charge is -1.96. The lowest BCUT2D eigenvalue weighted by atomic mass is 10.1. The second kappa shape index (κ2) is 5.57. The molecule has 0 aliphatic rings. The minimum absolute atomic E-state index is 0.605. The maximum absolute atomic E-state index is 5.66. The fraction of sp³-hybridized carbons (Fsp3) is 0.125. The molecule has 3 rings (SSSR count). The Kier molecular flexibility index (Phi) is 3.46. The lowest BCUT2D eigenvalue weighted by Crippen LogP contribution is -1.91. The molecule has 100 valence electrons. The Hall–Kier alpha value is -2.62. The van der Waals surface area contributed by atoms with Gasteiger partial charge in [-0.15, -0.1) is 0 Å². The molecule has 0 unspecified atom stereocenters. The first-order valence-corrected chi connectivity index (χ1v) is 6.54. The number of rotatable bonds is 4. The number of benzene rings is 2. The summed E-state index contributed by atoms with van der Waals surface area (Å²) < 4.78 is 5.28. The molecule has 0 amide bonds. The number of hydrogen-bond acceptors (Lipinski definition) is 4. The van der Waals surface area contributed by atoms with Gasteiger partial charge in [0.15, 0.2) is 0 Å². The fourth-order valence-corrected chi connectivity index (χ4v) is 2.00. The van der Waals surface area contributed by atoms with Crippen LogP contribution in [-0.4, -0.2) is 10.1 Å². The molecule has 0 aliphatic carbocycles. The number of nitrogens with zero attached hydrogens (tertiary/aromatic N) is 2. The first-order valence-electron chi connectivity index (χ1n) is 6.54. The summed E-state index contributed by atoms with van der Waals surface area (Å²) >= 11 is 0. The zero-order valence-corrected chi connectivity index (χ0v) is 11.0. The molecule has 2 aromatic carbocycles. The molecule has 0 fully saturated rings. The zero-order chi connectivity index (χ0) is 13.8. The summed E-state index contributed by atoms with van der Waals surface area (Å²) in [5.74, 6) is 1.26. The predicted molar refractivity (Wildman–Crippen MR) is 78.0 cm³/mol. The topological polar surface area (TPSA) is 64.9 Å². The van der Waals surface area contributed by atoms with Crippen LogP contribution in [0.25, 0.3) is 11.4 Å². The largest absolute Gasteiger partial charge is 0.399 e. The van der Waals surface area contributed by atoms with Crippen LogP contribution in [-0.2, 0) is 12.8 Å². The van der Waals surface area contributed by atoms with Crippen molar-refractivity contribution < 1.29 is 4.52 Å². The number of hydrogen-bond donors (Lipinski definition) is 1. The van der Waals surface area contributed by atoms with E-state index >= 15 is 0 Å². The average Bonchev–Trinajstić information content (AvgIpc) is 2.96. The number of aromatic nitrogens is 2. The number of nitrogen functional groups attached to an aromatic ring is 1. The fourth-order valence-electron chi connectivity index (χ4n) is 2.00. The van der Waals surface area contributed by atoms with Crippen LogP contribution in [0.1, 0.15) is 11.5 Å². The summed E-state index contributed by atoms with van der Waals surface area (Å²) in [7, 11) is 0. The molecule has 4 heteroatoms. The van der Waals surface area contributed by atoms with Gasteiger partial charge in [0.1, 0.15) is 0 Å². The number of nitrogens with two attached hydrogens (primary N) is 1. The summed E-state index contributed by atoms with van der Waals surface area (Å²) in [6.07, 6.45) is 1.64. The van der Waals surface area contributed by atoms with Crippen molar-refractivity contribution >= 4 is 5.69 Å². The Morgan fingerprint density at radius 3 is 2.40 bits per heavy atom. The second-order valence-electron chi connectivity index (χ2n) is 4.62. The van der Waals surface area contributed by atoms with Crippen molar-refractivity contribution in [3.8, 4) is 11.4 Å². The van der Waals surface area contributed by atoms with E-state index in [2.05, 4.69) is 22.3 Å². The SMILES string of the molecule is Nc1ccc(-c2noc(CCc3ccccc3)n2)cc1. The van der Waals surface area contributed by atoms with Crippen LogP contribution in [0, 0.1) is 0 Å². The number of anilines is 1. The van der Waals surface area contributed by atoms with Crippen LogP contribution in [0.5, 0.6) is 0 Å². The van der Waals surface area contributed by atoms with Crippen LogP contribution in [0.4, 0.5) is 5.69 Å². The predicted octanol–water partition coefficient (Wildman–Crippen LogP) is 3.10. The molecule has 1 heterocycles. The van der Waals surface area contributed by atoms with Gasteiger partial charge in [-0.25, -0.2) is 0 Å². The van der Waals surface area contributed by atoms with E-state index in [4.69, 9.17) is 10.3 Å². The Balaban J connectivity index is 1.69. The molecule has 0 saturated carbocycles. The van der Waals surface area contributed by atoms with E-state index in [1.165, 1.54) is 5.56 Å². The molecule has 0 spiro atoms. The molecule has 3 aromatic rings. The molecule has 4 nitrogen and oxygen atoms in total.